The van der Waals surface area contributed by atoms with Crippen molar-refractivity contribution in [3.63, 3.8) is 0 Å². The van der Waals surface area contributed by atoms with Gasteiger partial charge in [0, 0.05) is 29.6 Å². The Balaban J connectivity index is 2.09. The van der Waals surface area contributed by atoms with Gasteiger partial charge in [-0.05, 0) is 30.3 Å². The van der Waals surface area contributed by atoms with Crippen LogP contribution in [-0.2, 0) is 12.6 Å². The van der Waals surface area contributed by atoms with Crippen LogP contribution in [0.2, 0.25) is 0 Å². The molecule has 26 heavy (non-hydrogen) atoms. The van der Waals surface area contributed by atoms with Crippen molar-refractivity contribution < 1.29 is 22.6 Å². The SMILES string of the molecule is COc1ccc(-n2c(Cc3ccccc3OC)cnc2C(F)(F)F)cc1. The molecule has 0 amide bonds. The number of para-hydroxylation sites is 1. The van der Waals surface area contributed by atoms with Gasteiger partial charge in [-0.2, -0.15) is 13.2 Å². The summed E-state index contributed by atoms with van der Waals surface area (Å²) < 4.78 is 51.8. The minimum atomic E-state index is -4.57. The third kappa shape index (κ3) is 3.51. The molecule has 2 aromatic carbocycles. The molecule has 136 valence electrons. The van der Waals surface area contributed by atoms with Gasteiger partial charge in [-0.15, -0.1) is 0 Å². The van der Waals surface area contributed by atoms with Gasteiger partial charge in [0.25, 0.3) is 0 Å². The van der Waals surface area contributed by atoms with Crippen molar-refractivity contribution in [3.8, 4) is 17.2 Å². The Hall–Kier alpha value is -2.96. The smallest absolute Gasteiger partial charge is 0.450 e. The lowest BCUT2D eigenvalue weighted by molar-refractivity contribution is -0.146. The van der Waals surface area contributed by atoms with Gasteiger partial charge in [-0.1, -0.05) is 18.2 Å². The molecule has 0 bridgehead atoms. The highest BCUT2D eigenvalue weighted by molar-refractivity contribution is 5.43. The lowest BCUT2D eigenvalue weighted by Crippen LogP contribution is -2.15. The van der Waals surface area contributed by atoms with E-state index in [9.17, 15) is 13.2 Å². The number of imidazole rings is 1. The summed E-state index contributed by atoms with van der Waals surface area (Å²) in [5.74, 6) is 0.213. The maximum absolute atomic E-state index is 13.4. The van der Waals surface area contributed by atoms with Crippen LogP contribution in [0.1, 0.15) is 17.1 Å². The molecule has 0 N–H and O–H groups in total. The molecule has 0 aliphatic rings. The monoisotopic (exact) mass is 362 g/mol. The van der Waals surface area contributed by atoms with Crippen LogP contribution in [-0.4, -0.2) is 23.8 Å². The van der Waals surface area contributed by atoms with Crippen molar-refractivity contribution in [3.05, 3.63) is 71.8 Å². The number of alkyl halides is 3. The van der Waals surface area contributed by atoms with E-state index in [4.69, 9.17) is 9.47 Å². The highest BCUT2D eigenvalue weighted by Crippen LogP contribution is 2.33. The molecule has 3 rings (SSSR count). The van der Waals surface area contributed by atoms with Gasteiger partial charge >= 0.3 is 6.18 Å². The Morgan fingerprint density at radius 1 is 0.962 bits per heavy atom. The summed E-state index contributed by atoms with van der Waals surface area (Å²) in [7, 11) is 3.03. The molecule has 0 unspecified atom stereocenters. The van der Waals surface area contributed by atoms with E-state index in [2.05, 4.69) is 4.98 Å². The average Bonchev–Trinajstić information content (AvgIpc) is 3.06. The van der Waals surface area contributed by atoms with Gasteiger partial charge in [0.1, 0.15) is 11.5 Å². The Bertz CT molecular complexity index is 887. The zero-order valence-corrected chi connectivity index (χ0v) is 14.2. The number of halogens is 3. The average molecular weight is 362 g/mol. The minimum absolute atomic E-state index is 0.249. The number of methoxy groups -OCH3 is 2. The number of aromatic nitrogens is 2. The Labute approximate surface area is 148 Å². The first kappa shape index (κ1) is 17.8. The molecule has 4 nitrogen and oxygen atoms in total. The summed E-state index contributed by atoms with van der Waals surface area (Å²) in [5.41, 5.74) is 1.55. The Morgan fingerprint density at radius 3 is 2.27 bits per heavy atom. The molecule has 0 saturated heterocycles. The number of ether oxygens (including phenoxy) is 2. The molecule has 0 spiro atoms. The van der Waals surface area contributed by atoms with E-state index < -0.39 is 12.0 Å². The predicted octanol–water partition coefficient (Wildman–Crippen LogP) is 4.50. The van der Waals surface area contributed by atoms with Crippen LogP contribution in [0, 0.1) is 0 Å². The van der Waals surface area contributed by atoms with Crippen molar-refractivity contribution in [2.45, 2.75) is 12.6 Å². The number of rotatable bonds is 5. The fourth-order valence-corrected chi connectivity index (χ4v) is 2.78. The van der Waals surface area contributed by atoms with E-state index in [1.54, 1.807) is 30.3 Å². The van der Waals surface area contributed by atoms with Crippen LogP contribution in [0.15, 0.2) is 54.7 Å². The second kappa shape index (κ2) is 7.11. The third-order valence-electron chi connectivity index (χ3n) is 3.98. The maximum atomic E-state index is 13.4. The summed E-state index contributed by atoms with van der Waals surface area (Å²) in [6.07, 6.45) is -3.07. The molecule has 0 saturated carbocycles. The second-order valence-corrected chi connectivity index (χ2v) is 5.59. The zero-order valence-electron chi connectivity index (χ0n) is 14.2. The van der Waals surface area contributed by atoms with Crippen LogP contribution in [0.5, 0.6) is 11.5 Å². The molecule has 0 atom stereocenters. The van der Waals surface area contributed by atoms with E-state index in [1.165, 1.54) is 20.4 Å². The van der Waals surface area contributed by atoms with Crippen LogP contribution in [0.4, 0.5) is 13.2 Å². The first-order valence-corrected chi connectivity index (χ1v) is 7.84. The van der Waals surface area contributed by atoms with Crippen LogP contribution >= 0.6 is 0 Å². The first-order chi connectivity index (χ1) is 12.4. The van der Waals surface area contributed by atoms with Gasteiger partial charge in [0.2, 0.25) is 5.82 Å². The van der Waals surface area contributed by atoms with Crippen molar-refractivity contribution in [1.29, 1.82) is 0 Å². The minimum Gasteiger partial charge on any atom is -0.497 e. The summed E-state index contributed by atoms with van der Waals surface area (Å²) in [6, 6.07) is 13.6. The van der Waals surface area contributed by atoms with E-state index in [1.807, 2.05) is 18.2 Å². The molecule has 0 radical (unpaired) electrons. The predicted molar refractivity (Wildman–Crippen MR) is 90.9 cm³/mol. The molecule has 1 aromatic heterocycles. The first-order valence-electron chi connectivity index (χ1n) is 7.84. The molecular formula is C19H17F3N2O2. The van der Waals surface area contributed by atoms with E-state index in [0.29, 0.717) is 22.9 Å². The zero-order chi connectivity index (χ0) is 18.7. The van der Waals surface area contributed by atoms with E-state index in [-0.39, 0.29) is 6.42 Å². The fourth-order valence-electron chi connectivity index (χ4n) is 2.78. The normalized spacial score (nSPS) is 11.4. The fraction of sp³-hybridized carbons (Fsp3) is 0.211. The highest BCUT2D eigenvalue weighted by Gasteiger charge is 2.37. The molecule has 7 heteroatoms. The van der Waals surface area contributed by atoms with Gasteiger partial charge in [0.05, 0.1) is 14.2 Å². The van der Waals surface area contributed by atoms with Gasteiger partial charge in [-0.3, -0.25) is 4.57 Å². The van der Waals surface area contributed by atoms with E-state index >= 15 is 0 Å². The third-order valence-corrected chi connectivity index (χ3v) is 3.98. The van der Waals surface area contributed by atoms with Crippen molar-refractivity contribution >= 4 is 0 Å². The molecular weight excluding hydrogens is 345 g/mol. The quantitative estimate of drug-likeness (QED) is 0.671. The molecule has 0 aliphatic carbocycles. The lowest BCUT2D eigenvalue weighted by atomic mass is 10.1. The van der Waals surface area contributed by atoms with Crippen molar-refractivity contribution in [1.82, 2.24) is 9.55 Å². The highest BCUT2D eigenvalue weighted by atomic mass is 19.4. The second-order valence-electron chi connectivity index (χ2n) is 5.59. The maximum Gasteiger partial charge on any atom is 0.450 e. The molecule has 3 aromatic rings. The summed E-state index contributed by atoms with van der Waals surface area (Å²) >= 11 is 0. The number of hydrogen-bond donors (Lipinski definition) is 0. The van der Waals surface area contributed by atoms with Gasteiger partial charge in [-0.25, -0.2) is 4.98 Å². The Morgan fingerprint density at radius 2 is 1.65 bits per heavy atom. The van der Waals surface area contributed by atoms with Crippen LogP contribution in [0.3, 0.4) is 0 Å². The molecule has 0 aliphatic heterocycles. The van der Waals surface area contributed by atoms with Crippen LogP contribution in [0.25, 0.3) is 5.69 Å². The largest absolute Gasteiger partial charge is 0.497 e. The van der Waals surface area contributed by atoms with Gasteiger partial charge in [0.15, 0.2) is 0 Å². The number of nitrogens with zero attached hydrogens (tertiary/aromatic N) is 2. The van der Waals surface area contributed by atoms with Crippen LogP contribution < -0.4 is 9.47 Å². The van der Waals surface area contributed by atoms with Gasteiger partial charge < -0.3 is 9.47 Å². The topological polar surface area (TPSA) is 36.3 Å². The molecule has 0 fully saturated rings. The standard InChI is InChI=1S/C19H17F3N2O2/c1-25-16-9-7-14(8-10-16)24-15(12-23-18(24)19(20,21)22)11-13-5-3-4-6-17(13)26-2/h3-10,12H,11H2,1-2H3. The summed E-state index contributed by atoms with van der Waals surface area (Å²) in [4.78, 5) is 3.62. The summed E-state index contributed by atoms with van der Waals surface area (Å²) in [5, 5.41) is 0. The Kier molecular flexibility index (Phi) is 4.88. The van der Waals surface area contributed by atoms with E-state index in [0.717, 1.165) is 10.1 Å². The number of hydrogen-bond acceptors (Lipinski definition) is 3. The number of benzene rings is 2. The molecule has 1 heterocycles. The lowest BCUT2D eigenvalue weighted by Gasteiger charge is -2.15. The van der Waals surface area contributed by atoms with Crippen molar-refractivity contribution in [2.24, 2.45) is 0 Å². The summed E-state index contributed by atoms with van der Waals surface area (Å²) in [6.45, 7) is 0. The van der Waals surface area contributed by atoms with Crippen molar-refractivity contribution in [2.75, 3.05) is 14.2 Å².